The van der Waals surface area contributed by atoms with E-state index in [0.717, 1.165) is 23.1 Å². The Labute approximate surface area is 108 Å². The zero-order valence-corrected chi connectivity index (χ0v) is 11.1. The van der Waals surface area contributed by atoms with Gasteiger partial charge in [0.25, 0.3) is 0 Å². The number of carboxylic acids is 1. The van der Waals surface area contributed by atoms with Gasteiger partial charge in [-0.1, -0.05) is 13.8 Å². The highest BCUT2D eigenvalue weighted by atomic mass is 32.1. The lowest BCUT2D eigenvalue weighted by atomic mass is 10.0. The van der Waals surface area contributed by atoms with Crippen molar-refractivity contribution in [3.63, 3.8) is 0 Å². The molecule has 0 radical (unpaired) electrons. The topological polar surface area (TPSA) is 70.2 Å². The van der Waals surface area contributed by atoms with Gasteiger partial charge in [-0.15, -0.1) is 11.3 Å². The molecule has 4 nitrogen and oxygen atoms in total. The minimum Gasteiger partial charge on any atom is -0.478 e. The smallest absolute Gasteiger partial charge is 0.338 e. The van der Waals surface area contributed by atoms with Crippen LogP contribution in [0.4, 0.5) is 0 Å². The van der Waals surface area contributed by atoms with E-state index in [-0.39, 0.29) is 11.1 Å². The molecule has 0 spiro atoms. The molecular weight excluding hydrogens is 250 g/mol. The molecule has 2 aromatic heterocycles. The SMILES string of the molecule is CC(C)CCc1cc(=O)[nH]c2c(C(=O)O)csc12. The van der Waals surface area contributed by atoms with Gasteiger partial charge >= 0.3 is 5.97 Å². The summed E-state index contributed by atoms with van der Waals surface area (Å²) in [6, 6.07) is 1.58. The lowest BCUT2D eigenvalue weighted by molar-refractivity contribution is 0.0699. The summed E-state index contributed by atoms with van der Waals surface area (Å²) in [6.45, 7) is 4.25. The third-order valence-corrected chi connectivity index (χ3v) is 3.91. The first-order valence-corrected chi connectivity index (χ1v) is 6.73. The molecule has 0 unspecified atom stereocenters. The maximum atomic E-state index is 11.6. The van der Waals surface area contributed by atoms with Crippen molar-refractivity contribution in [3.8, 4) is 0 Å². The van der Waals surface area contributed by atoms with Crippen molar-refractivity contribution in [2.75, 3.05) is 0 Å². The second-order valence-electron chi connectivity index (χ2n) is 4.75. The van der Waals surface area contributed by atoms with E-state index in [0.29, 0.717) is 11.4 Å². The molecule has 2 heterocycles. The fourth-order valence-corrected chi connectivity index (χ4v) is 2.93. The van der Waals surface area contributed by atoms with E-state index in [1.807, 2.05) is 0 Å². The summed E-state index contributed by atoms with van der Waals surface area (Å²) in [6.07, 6.45) is 1.79. The molecule has 0 atom stereocenters. The van der Waals surface area contributed by atoms with Gasteiger partial charge in [0.2, 0.25) is 5.56 Å². The Bertz CT molecular complexity index is 639. The molecule has 0 aliphatic heterocycles. The van der Waals surface area contributed by atoms with Crippen molar-refractivity contribution in [2.45, 2.75) is 26.7 Å². The van der Waals surface area contributed by atoms with Crippen molar-refractivity contribution in [1.82, 2.24) is 4.98 Å². The first-order chi connectivity index (χ1) is 8.49. The molecule has 18 heavy (non-hydrogen) atoms. The van der Waals surface area contributed by atoms with Crippen LogP contribution in [0.2, 0.25) is 0 Å². The van der Waals surface area contributed by atoms with Crippen LogP contribution in [0.15, 0.2) is 16.2 Å². The number of nitrogens with one attached hydrogen (secondary N) is 1. The number of H-pyrrole nitrogens is 1. The predicted octanol–water partition coefficient (Wildman–Crippen LogP) is 2.88. The minimum atomic E-state index is -1.00. The number of pyridine rings is 1. The monoisotopic (exact) mass is 265 g/mol. The third-order valence-electron chi connectivity index (χ3n) is 2.86. The molecule has 96 valence electrons. The quantitative estimate of drug-likeness (QED) is 0.893. The maximum Gasteiger partial charge on any atom is 0.338 e. The van der Waals surface area contributed by atoms with E-state index in [1.54, 1.807) is 11.4 Å². The number of rotatable bonds is 4. The number of carbonyl (C=O) groups is 1. The molecule has 2 aromatic rings. The second kappa shape index (κ2) is 4.94. The summed E-state index contributed by atoms with van der Waals surface area (Å²) in [5, 5.41) is 10.6. The first kappa shape index (κ1) is 12.8. The van der Waals surface area contributed by atoms with E-state index in [9.17, 15) is 9.59 Å². The highest BCUT2D eigenvalue weighted by Crippen LogP contribution is 2.27. The number of thiophene rings is 1. The summed E-state index contributed by atoms with van der Waals surface area (Å²) in [7, 11) is 0. The summed E-state index contributed by atoms with van der Waals surface area (Å²) in [4.78, 5) is 25.2. The highest BCUT2D eigenvalue weighted by Gasteiger charge is 2.14. The van der Waals surface area contributed by atoms with Crippen LogP contribution in [0, 0.1) is 5.92 Å². The van der Waals surface area contributed by atoms with E-state index in [2.05, 4.69) is 18.8 Å². The zero-order chi connectivity index (χ0) is 13.3. The van der Waals surface area contributed by atoms with Crippen LogP contribution in [-0.4, -0.2) is 16.1 Å². The van der Waals surface area contributed by atoms with Gasteiger partial charge in [-0.25, -0.2) is 4.79 Å². The summed E-state index contributed by atoms with van der Waals surface area (Å²) < 4.78 is 0.882. The van der Waals surface area contributed by atoms with Gasteiger partial charge < -0.3 is 10.1 Å². The average Bonchev–Trinajstić information content (AvgIpc) is 2.69. The Balaban J connectivity index is 2.53. The van der Waals surface area contributed by atoms with Gasteiger partial charge in [0, 0.05) is 11.4 Å². The molecule has 2 N–H and O–H groups in total. The van der Waals surface area contributed by atoms with Crippen molar-refractivity contribution in [2.24, 2.45) is 5.92 Å². The molecule has 0 aliphatic carbocycles. The molecule has 0 bridgehead atoms. The van der Waals surface area contributed by atoms with Crippen LogP contribution in [0.3, 0.4) is 0 Å². The number of carboxylic acid groups (broad SMARTS) is 1. The summed E-state index contributed by atoms with van der Waals surface area (Å²) in [5.74, 6) is -0.448. The molecule has 5 heteroatoms. The Hall–Kier alpha value is -1.62. The predicted molar refractivity (Wildman–Crippen MR) is 72.6 cm³/mol. The lowest BCUT2D eigenvalue weighted by Crippen LogP contribution is -2.08. The molecule has 0 saturated carbocycles. The Morgan fingerprint density at radius 3 is 2.83 bits per heavy atom. The molecule has 0 amide bonds. The lowest BCUT2D eigenvalue weighted by Gasteiger charge is -2.05. The number of aromatic nitrogens is 1. The van der Waals surface area contributed by atoms with E-state index >= 15 is 0 Å². The van der Waals surface area contributed by atoms with Crippen LogP contribution in [0.1, 0.15) is 36.2 Å². The van der Waals surface area contributed by atoms with Gasteiger partial charge in [-0.05, 0) is 24.3 Å². The van der Waals surface area contributed by atoms with Crippen LogP contribution in [0.5, 0.6) is 0 Å². The average molecular weight is 265 g/mol. The zero-order valence-electron chi connectivity index (χ0n) is 10.3. The minimum absolute atomic E-state index is 0.179. The maximum absolute atomic E-state index is 11.6. The number of aryl methyl sites for hydroxylation is 1. The van der Waals surface area contributed by atoms with Crippen molar-refractivity contribution >= 4 is 27.5 Å². The van der Waals surface area contributed by atoms with E-state index in [4.69, 9.17) is 5.11 Å². The van der Waals surface area contributed by atoms with Crippen LogP contribution >= 0.6 is 11.3 Å². The molecule has 0 aromatic carbocycles. The van der Waals surface area contributed by atoms with Crippen LogP contribution in [-0.2, 0) is 6.42 Å². The third kappa shape index (κ3) is 2.46. The van der Waals surface area contributed by atoms with Gasteiger partial charge in [-0.3, -0.25) is 4.79 Å². The molecule has 0 aliphatic rings. The van der Waals surface area contributed by atoms with Crippen LogP contribution in [0.25, 0.3) is 10.2 Å². The van der Waals surface area contributed by atoms with Crippen molar-refractivity contribution in [3.05, 3.63) is 32.9 Å². The molecular formula is C13H15NO3S. The number of hydrogen-bond acceptors (Lipinski definition) is 3. The van der Waals surface area contributed by atoms with E-state index in [1.165, 1.54) is 11.3 Å². The number of aromatic amines is 1. The highest BCUT2D eigenvalue weighted by molar-refractivity contribution is 7.17. The van der Waals surface area contributed by atoms with Crippen molar-refractivity contribution in [1.29, 1.82) is 0 Å². The molecule has 2 rings (SSSR count). The first-order valence-electron chi connectivity index (χ1n) is 5.85. The molecule has 0 saturated heterocycles. The number of fused-ring (bicyclic) bond motifs is 1. The summed E-state index contributed by atoms with van der Waals surface area (Å²) >= 11 is 1.38. The van der Waals surface area contributed by atoms with Crippen molar-refractivity contribution < 1.29 is 9.90 Å². The fraction of sp³-hybridized carbons (Fsp3) is 0.385. The van der Waals surface area contributed by atoms with Gasteiger partial charge in [-0.2, -0.15) is 0 Å². The number of hydrogen-bond donors (Lipinski definition) is 2. The van der Waals surface area contributed by atoms with Gasteiger partial charge in [0.1, 0.15) is 0 Å². The second-order valence-corrected chi connectivity index (χ2v) is 5.63. The standard InChI is InChI=1S/C13H15NO3S/c1-7(2)3-4-8-5-10(15)14-11-9(13(16)17)6-18-12(8)11/h5-7H,3-4H2,1-2H3,(H,14,15)(H,16,17). The van der Waals surface area contributed by atoms with E-state index < -0.39 is 5.97 Å². The number of aromatic carboxylic acids is 1. The Morgan fingerprint density at radius 1 is 1.50 bits per heavy atom. The molecule has 0 fully saturated rings. The Morgan fingerprint density at radius 2 is 2.22 bits per heavy atom. The summed E-state index contributed by atoms with van der Waals surface area (Å²) in [5.41, 5.74) is 1.35. The van der Waals surface area contributed by atoms with Gasteiger partial charge in [0.05, 0.1) is 15.8 Å². The van der Waals surface area contributed by atoms with Crippen LogP contribution < -0.4 is 5.56 Å². The largest absolute Gasteiger partial charge is 0.478 e. The Kier molecular flexibility index (Phi) is 3.52. The normalized spacial score (nSPS) is 11.3. The fourth-order valence-electron chi connectivity index (χ4n) is 1.89. The van der Waals surface area contributed by atoms with Gasteiger partial charge in [0.15, 0.2) is 0 Å².